The van der Waals surface area contributed by atoms with Gasteiger partial charge in [-0.3, -0.25) is 4.90 Å². The number of rotatable bonds is 6. The minimum absolute atomic E-state index is 0.0344. The van der Waals surface area contributed by atoms with Crippen molar-refractivity contribution in [2.24, 2.45) is 0 Å². The number of fused-ring (bicyclic) bond motifs is 5. The van der Waals surface area contributed by atoms with Gasteiger partial charge in [0, 0.05) is 18.8 Å². The molecule has 2 aromatic carbocycles. The Kier molecular flexibility index (Phi) is 7.13. The van der Waals surface area contributed by atoms with Gasteiger partial charge in [-0.15, -0.1) is 11.8 Å². The summed E-state index contributed by atoms with van der Waals surface area (Å²) in [5.74, 6) is 6.44. The second kappa shape index (κ2) is 10.4. The molecule has 5 heteroatoms. The molecule has 2 saturated heterocycles. The third-order valence-corrected chi connectivity index (χ3v) is 7.63. The first-order chi connectivity index (χ1) is 17.1. The lowest BCUT2D eigenvalue weighted by Crippen LogP contribution is -2.63. The normalized spacial score (nSPS) is 24.8. The van der Waals surface area contributed by atoms with Crippen LogP contribution in [0.5, 0.6) is 0 Å². The first kappa shape index (κ1) is 23.9. The van der Waals surface area contributed by atoms with Gasteiger partial charge in [-0.05, 0) is 41.5 Å². The van der Waals surface area contributed by atoms with Crippen LogP contribution in [0.15, 0.2) is 48.5 Å². The van der Waals surface area contributed by atoms with E-state index in [9.17, 15) is 9.90 Å². The summed E-state index contributed by atoms with van der Waals surface area (Å²) in [5.41, 5.74) is 3.96. The predicted octanol–water partition coefficient (Wildman–Crippen LogP) is 5.50. The van der Waals surface area contributed by atoms with Crippen LogP contribution in [0, 0.1) is 11.8 Å². The van der Waals surface area contributed by atoms with E-state index in [0.717, 1.165) is 12.8 Å². The van der Waals surface area contributed by atoms with Crippen molar-refractivity contribution < 1.29 is 19.4 Å². The van der Waals surface area contributed by atoms with E-state index in [2.05, 4.69) is 55.2 Å². The van der Waals surface area contributed by atoms with Crippen molar-refractivity contribution in [3.05, 3.63) is 59.7 Å². The Balaban J connectivity index is 1.23. The number of benzene rings is 2. The van der Waals surface area contributed by atoms with E-state index in [-0.39, 0.29) is 24.1 Å². The van der Waals surface area contributed by atoms with E-state index in [1.165, 1.54) is 35.1 Å². The fourth-order valence-electron chi connectivity index (χ4n) is 5.96. The average molecular weight is 474 g/mol. The lowest BCUT2D eigenvalue weighted by atomic mass is 9.79. The zero-order valence-corrected chi connectivity index (χ0v) is 20.5. The van der Waals surface area contributed by atoms with Gasteiger partial charge in [0.05, 0.1) is 30.9 Å². The number of carbonyl (C=O) groups excluding carboxylic acids is 1. The second-order valence-corrected chi connectivity index (χ2v) is 10.2. The molecule has 2 heterocycles. The summed E-state index contributed by atoms with van der Waals surface area (Å²) in [6.45, 7) is 3.33. The Bertz CT molecular complexity index is 1060. The van der Waals surface area contributed by atoms with Crippen LogP contribution in [0.1, 0.15) is 68.9 Å². The molecule has 1 N–H and O–H groups in total. The molecule has 5 rings (SSSR count). The van der Waals surface area contributed by atoms with Crippen molar-refractivity contribution in [2.75, 3.05) is 19.8 Å². The highest BCUT2D eigenvalue weighted by Gasteiger charge is 2.48. The van der Waals surface area contributed by atoms with Crippen molar-refractivity contribution in [3.63, 3.8) is 0 Å². The van der Waals surface area contributed by atoms with Gasteiger partial charge in [-0.2, -0.15) is 0 Å². The molecule has 2 atom stereocenters. The highest BCUT2D eigenvalue weighted by atomic mass is 16.6. The molecule has 2 aromatic rings. The molecule has 2 unspecified atom stereocenters. The Labute approximate surface area is 208 Å². The summed E-state index contributed by atoms with van der Waals surface area (Å²) >= 11 is 0. The number of unbranched alkanes of at least 4 members (excludes halogenated alkanes) is 3. The van der Waals surface area contributed by atoms with Gasteiger partial charge in [0.1, 0.15) is 6.61 Å². The van der Waals surface area contributed by atoms with Crippen LogP contribution < -0.4 is 0 Å². The van der Waals surface area contributed by atoms with E-state index in [1.807, 2.05) is 17.0 Å². The summed E-state index contributed by atoms with van der Waals surface area (Å²) in [5, 5.41) is 11.3. The van der Waals surface area contributed by atoms with Crippen LogP contribution in [0.25, 0.3) is 11.1 Å². The number of morpholine rings is 1. The Morgan fingerprint density at radius 3 is 2.29 bits per heavy atom. The van der Waals surface area contributed by atoms with Crippen LogP contribution in [0.3, 0.4) is 0 Å². The van der Waals surface area contributed by atoms with E-state index in [4.69, 9.17) is 9.47 Å². The lowest BCUT2D eigenvalue weighted by Gasteiger charge is -2.50. The Hall–Kier alpha value is -2.81. The summed E-state index contributed by atoms with van der Waals surface area (Å²) in [7, 11) is 0. The first-order valence-electron chi connectivity index (χ1n) is 13.0. The van der Waals surface area contributed by atoms with Gasteiger partial charge < -0.3 is 14.6 Å². The maximum Gasteiger partial charge on any atom is 0.410 e. The van der Waals surface area contributed by atoms with Crippen molar-refractivity contribution in [1.29, 1.82) is 0 Å². The number of ether oxygens (including phenoxy) is 2. The van der Waals surface area contributed by atoms with E-state index in [0.29, 0.717) is 39.1 Å². The number of carbonyl (C=O) groups is 1. The Morgan fingerprint density at radius 1 is 1.03 bits per heavy atom. The van der Waals surface area contributed by atoms with E-state index >= 15 is 0 Å². The molecule has 0 spiro atoms. The van der Waals surface area contributed by atoms with E-state index < -0.39 is 5.60 Å². The molecule has 35 heavy (non-hydrogen) atoms. The molecule has 0 aromatic heterocycles. The summed E-state index contributed by atoms with van der Waals surface area (Å²) in [6, 6.07) is 16.3. The van der Waals surface area contributed by atoms with Crippen LogP contribution in [0.2, 0.25) is 0 Å². The zero-order valence-electron chi connectivity index (χ0n) is 20.5. The van der Waals surface area contributed by atoms with Crippen molar-refractivity contribution in [2.45, 2.75) is 75.5 Å². The molecule has 0 saturated carbocycles. The average Bonchev–Trinajstić information content (AvgIpc) is 3.18. The quantitative estimate of drug-likeness (QED) is 0.444. The van der Waals surface area contributed by atoms with Crippen molar-refractivity contribution in [3.8, 4) is 23.0 Å². The predicted molar refractivity (Wildman–Crippen MR) is 136 cm³/mol. The molecule has 2 bridgehead atoms. The number of hydrogen-bond acceptors (Lipinski definition) is 4. The fraction of sp³-hybridized carbons (Fsp3) is 0.500. The van der Waals surface area contributed by atoms with Crippen LogP contribution >= 0.6 is 0 Å². The van der Waals surface area contributed by atoms with E-state index in [1.54, 1.807) is 0 Å². The smallest absolute Gasteiger partial charge is 0.410 e. The molecular weight excluding hydrogens is 438 g/mol. The minimum atomic E-state index is -0.878. The summed E-state index contributed by atoms with van der Waals surface area (Å²) in [4.78, 5) is 15.1. The van der Waals surface area contributed by atoms with Gasteiger partial charge in [-0.1, -0.05) is 68.3 Å². The summed E-state index contributed by atoms with van der Waals surface area (Å²) < 4.78 is 11.7. The largest absolute Gasteiger partial charge is 0.448 e. The maximum atomic E-state index is 13.3. The zero-order chi connectivity index (χ0) is 24.3. The number of hydrogen-bond donors (Lipinski definition) is 1. The second-order valence-electron chi connectivity index (χ2n) is 10.2. The molecule has 2 fully saturated rings. The topological polar surface area (TPSA) is 59.0 Å². The number of piperidine rings is 1. The molecule has 1 amide bonds. The number of amides is 1. The van der Waals surface area contributed by atoms with Crippen molar-refractivity contribution >= 4 is 6.09 Å². The van der Waals surface area contributed by atoms with Gasteiger partial charge >= 0.3 is 6.09 Å². The summed E-state index contributed by atoms with van der Waals surface area (Å²) in [6.07, 6.45) is 5.44. The highest BCUT2D eigenvalue weighted by Crippen LogP contribution is 2.45. The molecular formula is C30H35NO4. The standard InChI is InChI=1S/C30H35NO4/c1-2-3-4-5-6-11-16-30(33)17-22-19-34-20-23(18-30)31(22)29(32)35-21-28-26-14-9-7-12-24(26)25-13-8-10-15-27(25)28/h7-10,12-15,22-23,28,33H,2-5,16-21H2,1H3. The lowest BCUT2D eigenvalue weighted by molar-refractivity contribution is -0.131. The monoisotopic (exact) mass is 473 g/mol. The first-order valence-corrected chi connectivity index (χ1v) is 13.0. The van der Waals surface area contributed by atoms with Crippen LogP contribution in [0.4, 0.5) is 4.79 Å². The molecule has 2 aliphatic heterocycles. The number of nitrogens with zero attached hydrogens (tertiary/aromatic N) is 1. The van der Waals surface area contributed by atoms with Gasteiger partial charge in [0.2, 0.25) is 0 Å². The number of aliphatic hydroxyl groups is 1. The Morgan fingerprint density at radius 2 is 1.66 bits per heavy atom. The third-order valence-electron chi connectivity index (χ3n) is 7.63. The molecule has 3 aliphatic rings. The fourth-order valence-corrected chi connectivity index (χ4v) is 5.96. The minimum Gasteiger partial charge on any atom is -0.448 e. The van der Waals surface area contributed by atoms with Gasteiger partial charge in [-0.25, -0.2) is 4.79 Å². The third kappa shape index (κ3) is 4.96. The molecule has 0 radical (unpaired) electrons. The molecule has 5 nitrogen and oxygen atoms in total. The van der Waals surface area contributed by atoms with Crippen molar-refractivity contribution in [1.82, 2.24) is 4.90 Å². The van der Waals surface area contributed by atoms with Crippen LogP contribution in [-0.4, -0.2) is 53.6 Å². The highest BCUT2D eigenvalue weighted by molar-refractivity contribution is 5.79. The van der Waals surface area contributed by atoms with Gasteiger partial charge in [0.25, 0.3) is 0 Å². The van der Waals surface area contributed by atoms with Crippen LogP contribution in [-0.2, 0) is 9.47 Å². The van der Waals surface area contributed by atoms with Gasteiger partial charge in [0.15, 0.2) is 0 Å². The maximum absolute atomic E-state index is 13.3. The molecule has 184 valence electrons. The SMILES string of the molecule is CCCCCC#CCC1(O)CC2COCC(C1)N2C(=O)OCC1c2ccccc2-c2ccccc21. The molecule has 1 aliphatic carbocycles.